The van der Waals surface area contributed by atoms with Gasteiger partial charge >= 0.3 is 0 Å². The number of benzene rings is 1. The summed E-state index contributed by atoms with van der Waals surface area (Å²) in [4.78, 5) is 20.3. The van der Waals surface area contributed by atoms with E-state index in [0.29, 0.717) is 17.3 Å². The molecule has 1 amide bonds. The molecule has 0 aliphatic heterocycles. The second-order valence-corrected chi connectivity index (χ2v) is 5.91. The summed E-state index contributed by atoms with van der Waals surface area (Å²) in [5.41, 5.74) is 4.00. The molecule has 3 aromatic rings. The van der Waals surface area contributed by atoms with Gasteiger partial charge in [0.05, 0.1) is 11.9 Å². The summed E-state index contributed by atoms with van der Waals surface area (Å²) in [6.07, 6.45) is 5.01. The van der Waals surface area contributed by atoms with Crippen molar-refractivity contribution in [2.24, 2.45) is 0 Å². The van der Waals surface area contributed by atoms with Crippen LogP contribution < -0.4 is 10.6 Å². The van der Waals surface area contributed by atoms with E-state index in [9.17, 15) is 4.79 Å². The average Bonchev–Trinajstić information content (AvgIpc) is 2.65. The van der Waals surface area contributed by atoms with Crippen LogP contribution in [0.2, 0.25) is 5.02 Å². The van der Waals surface area contributed by atoms with E-state index in [-0.39, 0.29) is 5.91 Å². The predicted octanol–water partition coefficient (Wildman–Crippen LogP) is 4.11. The van der Waals surface area contributed by atoms with Crippen molar-refractivity contribution >= 4 is 28.9 Å². The van der Waals surface area contributed by atoms with Crippen molar-refractivity contribution in [3.8, 4) is 0 Å². The highest BCUT2D eigenvalue weighted by Crippen LogP contribution is 2.25. The van der Waals surface area contributed by atoms with Crippen LogP contribution in [0, 0.1) is 6.92 Å². The molecular weight excluding hydrogens is 336 g/mol. The molecule has 6 heteroatoms. The van der Waals surface area contributed by atoms with Gasteiger partial charge in [0, 0.05) is 29.6 Å². The van der Waals surface area contributed by atoms with Gasteiger partial charge in [0.1, 0.15) is 5.69 Å². The molecule has 0 bridgehead atoms. The Balaban J connectivity index is 1.63. The van der Waals surface area contributed by atoms with E-state index < -0.39 is 0 Å². The Morgan fingerprint density at radius 2 is 1.92 bits per heavy atom. The lowest BCUT2D eigenvalue weighted by Crippen LogP contribution is -2.23. The standard InChI is InChI=1S/C19H17ClN4O/c1-13-16(20)3-2-4-17(13)24-15-5-6-18(22-12-15)19(25)23-11-14-7-9-21-10-8-14/h2-10,12,24H,11H2,1H3,(H,23,25). The van der Waals surface area contributed by atoms with Crippen LogP contribution in [0.4, 0.5) is 11.4 Å². The van der Waals surface area contributed by atoms with Crippen molar-refractivity contribution in [3.63, 3.8) is 0 Å². The molecule has 0 aliphatic carbocycles. The van der Waals surface area contributed by atoms with Gasteiger partial charge < -0.3 is 10.6 Å². The zero-order valence-corrected chi connectivity index (χ0v) is 14.4. The van der Waals surface area contributed by atoms with Crippen LogP contribution in [0.25, 0.3) is 0 Å². The van der Waals surface area contributed by atoms with Crippen LogP contribution in [0.3, 0.4) is 0 Å². The molecule has 3 rings (SSSR count). The normalized spacial score (nSPS) is 10.3. The maximum Gasteiger partial charge on any atom is 0.270 e. The number of carbonyl (C=O) groups is 1. The minimum Gasteiger partial charge on any atom is -0.354 e. The molecule has 0 saturated carbocycles. The minimum absolute atomic E-state index is 0.220. The SMILES string of the molecule is Cc1c(Cl)cccc1Nc1ccc(C(=O)NCc2ccncc2)nc1. The van der Waals surface area contributed by atoms with Gasteiger partial charge in [-0.25, -0.2) is 4.98 Å². The van der Waals surface area contributed by atoms with Crippen LogP contribution >= 0.6 is 11.6 Å². The Kier molecular flexibility index (Phi) is 5.26. The fourth-order valence-electron chi connectivity index (χ4n) is 2.27. The lowest BCUT2D eigenvalue weighted by atomic mass is 10.2. The molecule has 0 saturated heterocycles. The van der Waals surface area contributed by atoms with E-state index in [1.165, 1.54) is 0 Å². The third kappa shape index (κ3) is 4.33. The molecule has 0 aliphatic rings. The molecule has 5 nitrogen and oxygen atoms in total. The number of rotatable bonds is 5. The van der Waals surface area contributed by atoms with Crippen molar-refractivity contribution in [1.82, 2.24) is 15.3 Å². The number of nitrogens with zero attached hydrogens (tertiary/aromatic N) is 2. The van der Waals surface area contributed by atoms with E-state index in [1.54, 1.807) is 24.7 Å². The zero-order valence-electron chi connectivity index (χ0n) is 13.7. The predicted molar refractivity (Wildman–Crippen MR) is 99.1 cm³/mol. The fraction of sp³-hybridized carbons (Fsp3) is 0.105. The molecule has 0 spiro atoms. The Morgan fingerprint density at radius 3 is 2.64 bits per heavy atom. The highest BCUT2D eigenvalue weighted by atomic mass is 35.5. The first kappa shape index (κ1) is 16.9. The highest BCUT2D eigenvalue weighted by Gasteiger charge is 2.08. The second-order valence-electron chi connectivity index (χ2n) is 5.51. The number of aromatic nitrogens is 2. The van der Waals surface area contributed by atoms with Gasteiger partial charge in [-0.15, -0.1) is 0 Å². The van der Waals surface area contributed by atoms with Gasteiger partial charge in [0.15, 0.2) is 0 Å². The van der Waals surface area contributed by atoms with Gasteiger partial charge in [-0.2, -0.15) is 0 Å². The first-order chi connectivity index (χ1) is 12.1. The van der Waals surface area contributed by atoms with E-state index in [0.717, 1.165) is 22.5 Å². The first-order valence-corrected chi connectivity index (χ1v) is 8.16. The molecule has 126 valence electrons. The molecule has 0 atom stereocenters. The first-order valence-electron chi connectivity index (χ1n) is 7.79. The monoisotopic (exact) mass is 352 g/mol. The second kappa shape index (κ2) is 7.77. The van der Waals surface area contributed by atoms with Gasteiger partial charge in [0.2, 0.25) is 0 Å². The van der Waals surface area contributed by atoms with E-state index in [1.807, 2.05) is 43.3 Å². The Morgan fingerprint density at radius 1 is 1.12 bits per heavy atom. The zero-order chi connectivity index (χ0) is 17.6. The molecular formula is C19H17ClN4O. The third-order valence-corrected chi connectivity index (χ3v) is 4.15. The van der Waals surface area contributed by atoms with E-state index in [2.05, 4.69) is 20.6 Å². The molecule has 2 aromatic heterocycles. The van der Waals surface area contributed by atoms with Crippen LogP contribution in [0.1, 0.15) is 21.6 Å². The van der Waals surface area contributed by atoms with E-state index >= 15 is 0 Å². The third-order valence-electron chi connectivity index (χ3n) is 3.75. The summed E-state index contributed by atoms with van der Waals surface area (Å²) in [7, 11) is 0. The molecule has 2 heterocycles. The number of pyridine rings is 2. The maximum atomic E-state index is 12.2. The summed E-state index contributed by atoms with van der Waals surface area (Å²) in [6, 6.07) is 12.9. The van der Waals surface area contributed by atoms with Crippen LogP contribution in [-0.2, 0) is 6.54 Å². The number of carbonyl (C=O) groups excluding carboxylic acids is 1. The minimum atomic E-state index is -0.220. The number of hydrogen-bond donors (Lipinski definition) is 2. The largest absolute Gasteiger partial charge is 0.354 e. The summed E-state index contributed by atoms with van der Waals surface area (Å²) in [5.74, 6) is -0.220. The maximum absolute atomic E-state index is 12.2. The van der Waals surface area contributed by atoms with Crippen molar-refractivity contribution in [3.05, 3.63) is 82.9 Å². The van der Waals surface area contributed by atoms with Gasteiger partial charge in [-0.05, 0) is 54.4 Å². The highest BCUT2D eigenvalue weighted by molar-refractivity contribution is 6.31. The Hall–Kier alpha value is -2.92. The molecule has 25 heavy (non-hydrogen) atoms. The smallest absolute Gasteiger partial charge is 0.270 e. The number of nitrogens with one attached hydrogen (secondary N) is 2. The number of hydrogen-bond acceptors (Lipinski definition) is 4. The average molecular weight is 353 g/mol. The van der Waals surface area contributed by atoms with Crippen molar-refractivity contribution in [1.29, 1.82) is 0 Å². The van der Waals surface area contributed by atoms with Crippen LogP contribution in [0.5, 0.6) is 0 Å². The van der Waals surface area contributed by atoms with E-state index in [4.69, 9.17) is 11.6 Å². The quantitative estimate of drug-likeness (QED) is 0.725. The van der Waals surface area contributed by atoms with Crippen LogP contribution in [-0.4, -0.2) is 15.9 Å². The topological polar surface area (TPSA) is 66.9 Å². The van der Waals surface area contributed by atoms with Gasteiger partial charge in [-0.1, -0.05) is 17.7 Å². The summed E-state index contributed by atoms with van der Waals surface area (Å²) in [6.45, 7) is 2.38. The lowest BCUT2D eigenvalue weighted by Gasteiger charge is -2.11. The number of halogens is 1. The molecule has 0 fully saturated rings. The Bertz CT molecular complexity index is 866. The van der Waals surface area contributed by atoms with Crippen molar-refractivity contribution in [2.75, 3.05) is 5.32 Å². The van der Waals surface area contributed by atoms with Gasteiger partial charge in [-0.3, -0.25) is 9.78 Å². The number of anilines is 2. The van der Waals surface area contributed by atoms with Crippen molar-refractivity contribution < 1.29 is 4.79 Å². The summed E-state index contributed by atoms with van der Waals surface area (Å²) >= 11 is 6.12. The summed E-state index contributed by atoms with van der Waals surface area (Å²) in [5, 5.41) is 6.78. The summed E-state index contributed by atoms with van der Waals surface area (Å²) < 4.78 is 0. The molecule has 0 radical (unpaired) electrons. The Labute approximate surface area is 151 Å². The van der Waals surface area contributed by atoms with Gasteiger partial charge in [0.25, 0.3) is 5.91 Å². The molecule has 2 N–H and O–H groups in total. The fourth-order valence-corrected chi connectivity index (χ4v) is 2.45. The van der Waals surface area contributed by atoms with Crippen LogP contribution in [0.15, 0.2) is 61.1 Å². The van der Waals surface area contributed by atoms with Crippen molar-refractivity contribution in [2.45, 2.75) is 13.5 Å². The molecule has 1 aromatic carbocycles. The number of amides is 1. The lowest BCUT2D eigenvalue weighted by molar-refractivity contribution is 0.0946. The molecule has 0 unspecified atom stereocenters.